The second kappa shape index (κ2) is 5.92. The Morgan fingerprint density at radius 2 is 1.06 bits per heavy atom. The monoisotopic (exact) mass is 401 g/mol. The molecule has 7 rings (SSSR count). The van der Waals surface area contributed by atoms with Crippen molar-refractivity contribution in [3.05, 3.63) is 72.8 Å². The molecule has 1 N–H and O–H groups in total. The van der Waals surface area contributed by atoms with Crippen molar-refractivity contribution in [3.8, 4) is 0 Å². The number of rotatable bonds is 2. The number of nitrogens with one attached hydrogen (secondary N) is 1. The molecular formula is C28H23N3. The van der Waals surface area contributed by atoms with Gasteiger partial charge in [0.1, 0.15) is 0 Å². The molecule has 0 fully saturated rings. The highest BCUT2D eigenvalue weighted by Gasteiger charge is 2.24. The third-order valence-electron chi connectivity index (χ3n) is 7.00. The Hall–Kier alpha value is -3.72. The molecular weight excluding hydrogens is 378 g/mol. The molecule has 4 aromatic carbocycles. The summed E-state index contributed by atoms with van der Waals surface area (Å²) >= 11 is 0. The quantitative estimate of drug-likeness (QED) is 0.309. The van der Waals surface area contributed by atoms with Gasteiger partial charge in [0.05, 0.1) is 16.6 Å². The van der Waals surface area contributed by atoms with Gasteiger partial charge in [0.15, 0.2) is 0 Å². The summed E-state index contributed by atoms with van der Waals surface area (Å²) in [6.45, 7) is 6.39. The maximum Gasteiger partial charge on any atom is 0.0614 e. The summed E-state index contributed by atoms with van der Waals surface area (Å²) < 4.78 is 5.01. The molecule has 0 amide bonds. The molecule has 31 heavy (non-hydrogen) atoms. The van der Waals surface area contributed by atoms with Gasteiger partial charge in [-0.25, -0.2) is 0 Å². The third kappa shape index (κ3) is 1.94. The minimum Gasteiger partial charge on any atom is -0.354 e. The number of aryl methyl sites for hydroxylation is 2. The Labute approximate surface area is 179 Å². The molecule has 3 heterocycles. The van der Waals surface area contributed by atoms with Crippen LogP contribution in [-0.2, 0) is 13.1 Å². The van der Waals surface area contributed by atoms with Gasteiger partial charge >= 0.3 is 0 Å². The molecule has 3 heteroatoms. The molecule has 7 aromatic rings. The first-order valence-corrected chi connectivity index (χ1v) is 11.2. The molecule has 0 bridgehead atoms. The predicted molar refractivity (Wildman–Crippen MR) is 133 cm³/mol. The van der Waals surface area contributed by atoms with Gasteiger partial charge in [0.25, 0.3) is 0 Å². The maximum absolute atomic E-state index is 3.81. The average molecular weight is 402 g/mol. The SMILES string of the molecule is CCn1c2ccccc2c2c3[nH]c4ccccc4c3c3c(c4ccccc4n3CC)c21. The van der Waals surface area contributed by atoms with E-state index in [-0.39, 0.29) is 0 Å². The number of hydrogen-bond acceptors (Lipinski definition) is 0. The van der Waals surface area contributed by atoms with Crippen molar-refractivity contribution >= 4 is 65.4 Å². The number of nitrogens with zero attached hydrogens (tertiary/aromatic N) is 2. The summed E-state index contributed by atoms with van der Waals surface area (Å²) in [5.74, 6) is 0. The Bertz CT molecular complexity index is 1770. The van der Waals surface area contributed by atoms with Crippen molar-refractivity contribution in [1.82, 2.24) is 14.1 Å². The lowest BCUT2D eigenvalue weighted by atomic mass is 10.0. The van der Waals surface area contributed by atoms with E-state index in [1.54, 1.807) is 0 Å². The molecule has 0 radical (unpaired) electrons. The average Bonchev–Trinajstić information content (AvgIpc) is 3.45. The zero-order chi connectivity index (χ0) is 20.7. The Morgan fingerprint density at radius 3 is 1.68 bits per heavy atom. The van der Waals surface area contributed by atoms with Crippen molar-refractivity contribution in [2.24, 2.45) is 0 Å². The van der Waals surface area contributed by atoms with E-state index >= 15 is 0 Å². The molecule has 0 aliphatic carbocycles. The van der Waals surface area contributed by atoms with Crippen LogP contribution in [0, 0.1) is 0 Å². The summed E-state index contributed by atoms with van der Waals surface area (Å²) in [6.07, 6.45) is 0. The normalized spacial score (nSPS) is 12.5. The molecule has 150 valence electrons. The van der Waals surface area contributed by atoms with Crippen LogP contribution >= 0.6 is 0 Å². The molecule has 0 atom stereocenters. The zero-order valence-corrected chi connectivity index (χ0v) is 17.7. The molecule has 0 spiro atoms. The van der Waals surface area contributed by atoms with Crippen LogP contribution in [0.25, 0.3) is 65.4 Å². The molecule has 0 saturated heterocycles. The van der Waals surface area contributed by atoms with Crippen LogP contribution in [0.4, 0.5) is 0 Å². The van der Waals surface area contributed by atoms with Crippen LogP contribution in [0.2, 0.25) is 0 Å². The maximum atomic E-state index is 3.81. The van der Waals surface area contributed by atoms with Crippen LogP contribution in [0.15, 0.2) is 72.8 Å². The number of fused-ring (bicyclic) bond motifs is 12. The number of aromatic nitrogens is 3. The van der Waals surface area contributed by atoms with Crippen LogP contribution in [0.5, 0.6) is 0 Å². The lowest BCUT2D eigenvalue weighted by Gasteiger charge is -2.08. The van der Waals surface area contributed by atoms with E-state index in [0.29, 0.717) is 0 Å². The summed E-state index contributed by atoms with van der Waals surface area (Å²) in [5.41, 5.74) is 7.77. The fraction of sp³-hybridized carbons (Fsp3) is 0.143. The summed E-state index contributed by atoms with van der Waals surface area (Å²) in [4.78, 5) is 3.81. The first-order chi connectivity index (χ1) is 15.3. The summed E-state index contributed by atoms with van der Waals surface area (Å²) in [6, 6.07) is 26.5. The van der Waals surface area contributed by atoms with E-state index in [1.807, 2.05) is 0 Å². The Balaban J connectivity index is 1.98. The van der Waals surface area contributed by atoms with E-state index in [2.05, 4.69) is 101 Å². The van der Waals surface area contributed by atoms with Crippen LogP contribution in [0.1, 0.15) is 13.8 Å². The van der Waals surface area contributed by atoms with Gasteiger partial charge in [-0.3, -0.25) is 0 Å². The number of hydrogen-bond donors (Lipinski definition) is 1. The number of para-hydroxylation sites is 3. The minimum absolute atomic E-state index is 0.941. The molecule has 0 unspecified atom stereocenters. The van der Waals surface area contributed by atoms with Gasteiger partial charge in [-0.2, -0.15) is 0 Å². The second-order valence-electron chi connectivity index (χ2n) is 8.39. The van der Waals surface area contributed by atoms with Gasteiger partial charge in [0, 0.05) is 62.0 Å². The molecule has 3 aromatic heterocycles. The van der Waals surface area contributed by atoms with Crippen molar-refractivity contribution in [2.75, 3.05) is 0 Å². The molecule has 0 saturated carbocycles. The first-order valence-electron chi connectivity index (χ1n) is 11.2. The largest absolute Gasteiger partial charge is 0.354 e. The summed E-state index contributed by atoms with van der Waals surface area (Å²) in [5, 5.41) is 8.03. The highest BCUT2D eigenvalue weighted by atomic mass is 15.0. The van der Waals surface area contributed by atoms with Gasteiger partial charge in [0.2, 0.25) is 0 Å². The zero-order valence-electron chi connectivity index (χ0n) is 17.7. The Kier molecular flexibility index (Phi) is 3.25. The van der Waals surface area contributed by atoms with Gasteiger partial charge in [-0.15, -0.1) is 0 Å². The molecule has 3 nitrogen and oxygen atoms in total. The highest BCUT2D eigenvalue weighted by Crippen LogP contribution is 2.46. The minimum atomic E-state index is 0.941. The van der Waals surface area contributed by atoms with E-state index in [9.17, 15) is 0 Å². The van der Waals surface area contributed by atoms with Gasteiger partial charge < -0.3 is 14.1 Å². The van der Waals surface area contributed by atoms with E-state index in [0.717, 1.165) is 13.1 Å². The van der Waals surface area contributed by atoms with E-state index in [4.69, 9.17) is 0 Å². The topological polar surface area (TPSA) is 25.6 Å². The number of aromatic amines is 1. The van der Waals surface area contributed by atoms with Gasteiger partial charge in [-0.05, 0) is 32.0 Å². The number of H-pyrrole nitrogens is 1. The van der Waals surface area contributed by atoms with E-state index < -0.39 is 0 Å². The molecule has 0 aliphatic heterocycles. The fourth-order valence-electron chi connectivity index (χ4n) is 5.85. The van der Waals surface area contributed by atoms with Crippen LogP contribution in [0.3, 0.4) is 0 Å². The van der Waals surface area contributed by atoms with Crippen molar-refractivity contribution in [1.29, 1.82) is 0 Å². The predicted octanol–water partition coefficient (Wildman–Crippen LogP) is 7.58. The summed E-state index contributed by atoms with van der Waals surface area (Å²) in [7, 11) is 0. The smallest absolute Gasteiger partial charge is 0.0614 e. The number of benzene rings is 4. The lowest BCUT2D eigenvalue weighted by molar-refractivity contribution is 0.825. The van der Waals surface area contributed by atoms with Crippen molar-refractivity contribution in [3.63, 3.8) is 0 Å². The van der Waals surface area contributed by atoms with E-state index in [1.165, 1.54) is 65.4 Å². The fourth-order valence-corrected chi connectivity index (χ4v) is 5.85. The second-order valence-corrected chi connectivity index (χ2v) is 8.39. The highest BCUT2D eigenvalue weighted by molar-refractivity contribution is 6.39. The first kappa shape index (κ1) is 17.0. The lowest BCUT2D eigenvalue weighted by Crippen LogP contribution is -1.96. The third-order valence-corrected chi connectivity index (χ3v) is 7.00. The van der Waals surface area contributed by atoms with Gasteiger partial charge in [-0.1, -0.05) is 54.6 Å². The van der Waals surface area contributed by atoms with Crippen LogP contribution in [-0.4, -0.2) is 14.1 Å². The van der Waals surface area contributed by atoms with Crippen molar-refractivity contribution in [2.45, 2.75) is 26.9 Å². The van der Waals surface area contributed by atoms with Crippen LogP contribution < -0.4 is 0 Å². The van der Waals surface area contributed by atoms with Crippen molar-refractivity contribution < 1.29 is 0 Å². The molecule has 0 aliphatic rings. The standard InChI is InChI=1S/C28H23N3/c1-3-30-21-15-9-6-12-18(21)24-26-23(17-11-5-8-14-20(17)29-26)27-25(28(24)30)19-13-7-10-16-22(19)31(27)4-2/h5-16,29H,3-4H2,1-2H3. The Morgan fingerprint density at radius 1 is 0.581 bits per heavy atom.